The predicted octanol–water partition coefficient (Wildman–Crippen LogP) is 4.61. The first-order valence-electron chi connectivity index (χ1n) is 10.7. The fourth-order valence-corrected chi connectivity index (χ4v) is 4.23. The van der Waals surface area contributed by atoms with Gasteiger partial charge in [0.25, 0.3) is 0 Å². The Balaban J connectivity index is 1.31. The summed E-state index contributed by atoms with van der Waals surface area (Å²) in [5.41, 5.74) is 3.14. The number of hydrogen-bond donors (Lipinski definition) is 0. The third-order valence-corrected chi connectivity index (χ3v) is 5.79. The standard InChI is InChI=1S/C25H26N4O2/c1-30-24-7-3-2-6-22(24)19-8-9-23-20(16-19)17-21(31-23)18-28-12-5-13-29(15-14-28)25-26-10-4-11-27-25/h2-4,6-11,16-17H,5,12-15,18H2,1H3. The lowest BCUT2D eigenvalue weighted by atomic mass is 10.0. The fraction of sp³-hybridized carbons (Fsp3) is 0.280. The van der Waals surface area contributed by atoms with E-state index in [2.05, 4.69) is 50.1 Å². The van der Waals surface area contributed by atoms with Crippen LogP contribution in [-0.4, -0.2) is 48.2 Å². The van der Waals surface area contributed by atoms with Crippen LogP contribution in [0.5, 0.6) is 5.75 Å². The maximum absolute atomic E-state index is 6.16. The van der Waals surface area contributed by atoms with Crippen molar-refractivity contribution in [3.63, 3.8) is 0 Å². The summed E-state index contributed by atoms with van der Waals surface area (Å²) in [5.74, 6) is 2.69. The molecule has 1 saturated heterocycles. The van der Waals surface area contributed by atoms with Gasteiger partial charge in [0.15, 0.2) is 0 Å². The normalized spacial score (nSPS) is 15.2. The summed E-state index contributed by atoms with van der Waals surface area (Å²) in [6.07, 6.45) is 4.69. The van der Waals surface area contributed by atoms with Gasteiger partial charge in [-0.2, -0.15) is 0 Å². The van der Waals surface area contributed by atoms with E-state index < -0.39 is 0 Å². The molecule has 2 aromatic carbocycles. The number of anilines is 1. The highest BCUT2D eigenvalue weighted by Gasteiger charge is 2.18. The molecule has 0 atom stereocenters. The van der Waals surface area contributed by atoms with Crippen LogP contribution in [0.15, 0.2) is 71.4 Å². The van der Waals surface area contributed by atoms with Gasteiger partial charge in [-0.15, -0.1) is 0 Å². The van der Waals surface area contributed by atoms with Gasteiger partial charge >= 0.3 is 0 Å². The van der Waals surface area contributed by atoms with Crippen molar-refractivity contribution >= 4 is 16.9 Å². The van der Waals surface area contributed by atoms with Crippen LogP contribution < -0.4 is 9.64 Å². The number of para-hydroxylation sites is 1. The Bertz CT molecular complexity index is 1160. The van der Waals surface area contributed by atoms with Crippen LogP contribution in [0.4, 0.5) is 5.95 Å². The van der Waals surface area contributed by atoms with Crippen LogP contribution in [0.1, 0.15) is 12.2 Å². The smallest absolute Gasteiger partial charge is 0.225 e. The second-order valence-electron chi connectivity index (χ2n) is 7.83. The summed E-state index contributed by atoms with van der Waals surface area (Å²) in [6, 6.07) is 18.4. The van der Waals surface area contributed by atoms with E-state index in [-0.39, 0.29) is 0 Å². The Labute approximate surface area is 182 Å². The molecule has 6 nitrogen and oxygen atoms in total. The number of hydrogen-bond acceptors (Lipinski definition) is 6. The molecule has 4 aromatic rings. The lowest BCUT2D eigenvalue weighted by Crippen LogP contribution is -2.31. The van der Waals surface area contributed by atoms with E-state index in [9.17, 15) is 0 Å². The van der Waals surface area contributed by atoms with Crippen LogP contribution in [0.25, 0.3) is 22.1 Å². The van der Waals surface area contributed by atoms with E-state index in [1.165, 1.54) is 0 Å². The number of ether oxygens (including phenoxy) is 1. The molecule has 0 radical (unpaired) electrons. The second-order valence-corrected chi connectivity index (χ2v) is 7.83. The summed E-state index contributed by atoms with van der Waals surface area (Å²) < 4.78 is 11.7. The minimum atomic E-state index is 0.808. The summed E-state index contributed by atoms with van der Waals surface area (Å²) in [4.78, 5) is 13.5. The van der Waals surface area contributed by atoms with Crippen molar-refractivity contribution in [2.75, 3.05) is 38.2 Å². The summed E-state index contributed by atoms with van der Waals surface area (Å²) >= 11 is 0. The summed E-state index contributed by atoms with van der Waals surface area (Å²) in [5, 5.41) is 1.12. The highest BCUT2D eigenvalue weighted by molar-refractivity contribution is 5.85. The van der Waals surface area contributed by atoms with Crippen LogP contribution >= 0.6 is 0 Å². The molecule has 0 bridgehead atoms. The summed E-state index contributed by atoms with van der Waals surface area (Å²) in [6.45, 7) is 4.70. The van der Waals surface area contributed by atoms with E-state index in [4.69, 9.17) is 9.15 Å². The highest BCUT2D eigenvalue weighted by Crippen LogP contribution is 2.32. The Hall–Kier alpha value is -3.38. The van der Waals surface area contributed by atoms with Gasteiger partial charge in [-0.1, -0.05) is 24.3 Å². The zero-order valence-corrected chi connectivity index (χ0v) is 17.7. The molecule has 3 heterocycles. The minimum absolute atomic E-state index is 0.808. The van der Waals surface area contributed by atoms with Crippen molar-refractivity contribution in [1.82, 2.24) is 14.9 Å². The lowest BCUT2D eigenvalue weighted by molar-refractivity contribution is 0.263. The van der Waals surface area contributed by atoms with Crippen molar-refractivity contribution in [3.8, 4) is 16.9 Å². The molecule has 0 aliphatic carbocycles. The molecule has 0 saturated carbocycles. The Morgan fingerprint density at radius 1 is 0.935 bits per heavy atom. The largest absolute Gasteiger partial charge is 0.496 e. The molecule has 0 amide bonds. The third kappa shape index (κ3) is 4.25. The number of methoxy groups -OCH3 is 1. The Morgan fingerprint density at radius 3 is 2.68 bits per heavy atom. The average molecular weight is 415 g/mol. The van der Waals surface area contributed by atoms with Gasteiger partial charge in [0.05, 0.1) is 13.7 Å². The summed E-state index contributed by atoms with van der Waals surface area (Å²) in [7, 11) is 1.71. The maximum Gasteiger partial charge on any atom is 0.225 e. The van der Waals surface area contributed by atoms with E-state index in [1.807, 2.05) is 24.3 Å². The van der Waals surface area contributed by atoms with Gasteiger partial charge in [-0.3, -0.25) is 4.90 Å². The van der Waals surface area contributed by atoms with E-state index in [1.54, 1.807) is 19.5 Å². The molecule has 2 aromatic heterocycles. The minimum Gasteiger partial charge on any atom is -0.496 e. The molecule has 5 rings (SSSR count). The second kappa shape index (κ2) is 8.78. The topological polar surface area (TPSA) is 54.6 Å². The average Bonchev–Trinajstić information content (AvgIpc) is 3.07. The maximum atomic E-state index is 6.16. The van der Waals surface area contributed by atoms with E-state index in [0.717, 1.165) is 78.7 Å². The SMILES string of the molecule is COc1ccccc1-c1ccc2oc(CN3CCCN(c4ncccn4)CC3)cc2c1. The van der Waals surface area contributed by atoms with Gasteiger partial charge in [0, 0.05) is 49.5 Å². The monoisotopic (exact) mass is 414 g/mol. The molecule has 0 N–H and O–H groups in total. The molecule has 6 heteroatoms. The Morgan fingerprint density at radius 2 is 1.81 bits per heavy atom. The number of nitrogens with zero attached hydrogens (tertiary/aromatic N) is 4. The molecule has 1 aliphatic heterocycles. The van der Waals surface area contributed by atoms with Gasteiger partial charge in [0.2, 0.25) is 5.95 Å². The predicted molar refractivity (Wildman–Crippen MR) is 122 cm³/mol. The zero-order valence-electron chi connectivity index (χ0n) is 17.7. The lowest BCUT2D eigenvalue weighted by Gasteiger charge is -2.21. The van der Waals surface area contributed by atoms with Crippen molar-refractivity contribution in [2.45, 2.75) is 13.0 Å². The molecule has 31 heavy (non-hydrogen) atoms. The fourth-order valence-electron chi connectivity index (χ4n) is 4.23. The number of aromatic nitrogens is 2. The number of rotatable bonds is 5. The first-order valence-corrected chi connectivity index (χ1v) is 10.7. The van der Waals surface area contributed by atoms with Crippen molar-refractivity contribution in [3.05, 3.63) is 72.8 Å². The molecule has 0 unspecified atom stereocenters. The first kappa shape index (κ1) is 19.6. The highest BCUT2D eigenvalue weighted by atomic mass is 16.5. The number of fused-ring (bicyclic) bond motifs is 1. The van der Waals surface area contributed by atoms with Crippen LogP contribution in [0.3, 0.4) is 0 Å². The number of benzene rings is 2. The number of furan rings is 1. The van der Waals surface area contributed by atoms with Crippen molar-refractivity contribution in [1.29, 1.82) is 0 Å². The molecule has 1 aliphatic rings. The Kier molecular flexibility index (Phi) is 5.54. The molecular formula is C25H26N4O2. The molecule has 158 valence electrons. The van der Waals surface area contributed by atoms with Gasteiger partial charge in [-0.25, -0.2) is 9.97 Å². The van der Waals surface area contributed by atoms with E-state index >= 15 is 0 Å². The van der Waals surface area contributed by atoms with Crippen molar-refractivity contribution in [2.24, 2.45) is 0 Å². The van der Waals surface area contributed by atoms with Gasteiger partial charge in [0.1, 0.15) is 17.1 Å². The van der Waals surface area contributed by atoms with Crippen molar-refractivity contribution < 1.29 is 9.15 Å². The van der Waals surface area contributed by atoms with Gasteiger partial charge < -0.3 is 14.1 Å². The first-order chi connectivity index (χ1) is 15.3. The molecule has 0 spiro atoms. The molecular weight excluding hydrogens is 388 g/mol. The van der Waals surface area contributed by atoms with Crippen LogP contribution in [0, 0.1) is 0 Å². The zero-order chi connectivity index (χ0) is 21.0. The molecule has 1 fully saturated rings. The van der Waals surface area contributed by atoms with Crippen LogP contribution in [-0.2, 0) is 6.54 Å². The third-order valence-electron chi connectivity index (χ3n) is 5.79. The van der Waals surface area contributed by atoms with Gasteiger partial charge in [-0.05, 0) is 42.3 Å². The van der Waals surface area contributed by atoms with E-state index in [0.29, 0.717) is 0 Å². The quantitative estimate of drug-likeness (QED) is 0.475. The van der Waals surface area contributed by atoms with Crippen LogP contribution in [0.2, 0.25) is 0 Å².